The van der Waals surface area contributed by atoms with E-state index >= 15 is 0 Å². The minimum atomic E-state index is -0.448. The molecule has 2 bridgehead atoms. The molecule has 3 unspecified atom stereocenters. The minimum Gasteiger partial charge on any atom is -0.465 e. The average Bonchev–Trinajstić information content (AvgIpc) is 3.14. The first-order valence-electron chi connectivity index (χ1n) is 8.86. The van der Waals surface area contributed by atoms with Gasteiger partial charge in [-0.25, -0.2) is 4.79 Å². The lowest BCUT2D eigenvalue weighted by Crippen LogP contribution is -2.62. The van der Waals surface area contributed by atoms with Crippen LogP contribution in [0.25, 0.3) is 0 Å². The number of hydrogen-bond donors (Lipinski definition) is 1. The molecule has 3 rings (SSSR count). The van der Waals surface area contributed by atoms with Crippen molar-refractivity contribution < 1.29 is 9.53 Å². The number of ether oxygens (including phenoxy) is 1. The topological polar surface area (TPSA) is 41.6 Å². The summed E-state index contributed by atoms with van der Waals surface area (Å²) in [6.45, 7) is 7.50. The summed E-state index contributed by atoms with van der Waals surface area (Å²) in [4.78, 5) is 15.3. The van der Waals surface area contributed by atoms with Gasteiger partial charge in [0.2, 0.25) is 0 Å². The van der Waals surface area contributed by atoms with Gasteiger partial charge in [-0.15, -0.1) is 0 Å². The fourth-order valence-corrected chi connectivity index (χ4v) is 4.36. The number of esters is 1. The van der Waals surface area contributed by atoms with E-state index in [0.29, 0.717) is 18.6 Å². The molecule has 0 aromatic carbocycles. The molecule has 0 aromatic rings. The van der Waals surface area contributed by atoms with E-state index in [1.54, 1.807) is 0 Å². The fraction of sp³-hybridized carbons (Fsp3) is 0.941. The third kappa shape index (κ3) is 2.98. The predicted octanol–water partition coefficient (Wildman–Crippen LogP) is 2.18. The van der Waals surface area contributed by atoms with Crippen molar-refractivity contribution in [2.24, 2.45) is 11.8 Å². The molecule has 0 aromatic heterocycles. The zero-order valence-electron chi connectivity index (χ0n) is 13.6. The van der Waals surface area contributed by atoms with Crippen molar-refractivity contribution >= 4 is 5.97 Å². The van der Waals surface area contributed by atoms with Gasteiger partial charge in [0.25, 0.3) is 0 Å². The zero-order valence-corrected chi connectivity index (χ0v) is 13.6. The van der Waals surface area contributed by atoms with E-state index in [-0.39, 0.29) is 5.97 Å². The predicted molar refractivity (Wildman–Crippen MR) is 83.1 cm³/mol. The fourth-order valence-electron chi connectivity index (χ4n) is 4.36. The Morgan fingerprint density at radius 2 is 2.10 bits per heavy atom. The number of hydrogen-bond acceptors (Lipinski definition) is 4. The van der Waals surface area contributed by atoms with Crippen LogP contribution in [0.1, 0.15) is 52.4 Å². The van der Waals surface area contributed by atoms with Crippen LogP contribution in [0.15, 0.2) is 0 Å². The molecule has 0 radical (unpaired) electrons. The quantitative estimate of drug-likeness (QED) is 0.697. The molecule has 3 aliphatic rings. The minimum absolute atomic E-state index is 0.0104. The van der Waals surface area contributed by atoms with E-state index in [0.717, 1.165) is 38.3 Å². The maximum absolute atomic E-state index is 12.7. The van der Waals surface area contributed by atoms with Crippen LogP contribution >= 0.6 is 0 Å². The number of likely N-dealkylation sites (tertiary alicyclic amines) is 1. The van der Waals surface area contributed by atoms with Crippen molar-refractivity contribution in [3.05, 3.63) is 0 Å². The summed E-state index contributed by atoms with van der Waals surface area (Å²) in [6, 6.07) is 0.714. The summed E-state index contributed by atoms with van der Waals surface area (Å²) >= 11 is 0. The van der Waals surface area contributed by atoms with Crippen molar-refractivity contribution in [3.63, 3.8) is 0 Å². The Labute approximate surface area is 128 Å². The van der Waals surface area contributed by atoms with Gasteiger partial charge in [-0.05, 0) is 63.8 Å². The normalized spacial score (nSPS) is 31.3. The second kappa shape index (κ2) is 6.25. The molecule has 1 heterocycles. The Kier molecular flexibility index (Phi) is 4.55. The van der Waals surface area contributed by atoms with Gasteiger partial charge in [0.15, 0.2) is 0 Å². The summed E-state index contributed by atoms with van der Waals surface area (Å²) in [7, 11) is 0. The second-order valence-electron chi connectivity index (χ2n) is 7.16. The van der Waals surface area contributed by atoms with Gasteiger partial charge < -0.3 is 10.1 Å². The molecule has 3 fully saturated rings. The molecule has 2 saturated carbocycles. The lowest BCUT2D eigenvalue weighted by molar-refractivity contribution is -0.153. The highest BCUT2D eigenvalue weighted by Gasteiger charge is 2.54. The summed E-state index contributed by atoms with van der Waals surface area (Å²) < 4.78 is 5.47. The van der Waals surface area contributed by atoms with Crippen LogP contribution < -0.4 is 5.32 Å². The highest BCUT2D eigenvalue weighted by molar-refractivity contribution is 5.82. The highest BCUT2D eigenvalue weighted by atomic mass is 16.5. The molecular formula is C17H30N2O2. The summed E-state index contributed by atoms with van der Waals surface area (Å²) in [5.41, 5.74) is -0.448. The van der Waals surface area contributed by atoms with E-state index in [4.69, 9.17) is 4.74 Å². The third-order valence-corrected chi connectivity index (χ3v) is 5.58. The molecule has 21 heavy (non-hydrogen) atoms. The van der Waals surface area contributed by atoms with Gasteiger partial charge in [0.1, 0.15) is 5.54 Å². The lowest BCUT2D eigenvalue weighted by Gasteiger charge is -2.39. The van der Waals surface area contributed by atoms with Crippen LogP contribution in [0, 0.1) is 11.8 Å². The van der Waals surface area contributed by atoms with Gasteiger partial charge in [0.05, 0.1) is 6.61 Å². The Bertz CT molecular complexity index is 383. The molecule has 1 aliphatic heterocycles. The van der Waals surface area contributed by atoms with Crippen LogP contribution in [0.2, 0.25) is 0 Å². The van der Waals surface area contributed by atoms with Crippen LogP contribution in [-0.4, -0.2) is 48.7 Å². The van der Waals surface area contributed by atoms with Crippen molar-refractivity contribution in [2.45, 2.75) is 64.0 Å². The molecule has 3 atom stereocenters. The van der Waals surface area contributed by atoms with Gasteiger partial charge in [-0.1, -0.05) is 6.92 Å². The number of carbonyl (C=O) groups is 1. The van der Waals surface area contributed by atoms with E-state index < -0.39 is 5.54 Å². The largest absolute Gasteiger partial charge is 0.465 e. The van der Waals surface area contributed by atoms with E-state index in [1.165, 1.54) is 25.8 Å². The van der Waals surface area contributed by atoms with E-state index in [2.05, 4.69) is 17.1 Å². The lowest BCUT2D eigenvalue weighted by atomic mass is 9.91. The molecule has 1 saturated heterocycles. The van der Waals surface area contributed by atoms with Gasteiger partial charge in [-0.2, -0.15) is 0 Å². The van der Waals surface area contributed by atoms with Crippen molar-refractivity contribution in [1.82, 2.24) is 10.2 Å². The zero-order chi connectivity index (χ0) is 14.9. The van der Waals surface area contributed by atoms with Crippen molar-refractivity contribution in [1.29, 1.82) is 0 Å². The summed E-state index contributed by atoms with van der Waals surface area (Å²) in [5.74, 6) is 1.34. The average molecular weight is 294 g/mol. The molecule has 4 heteroatoms. The molecule has 1 N–H and O–H groups in total. The number of carbonyl (C=O) groups excluding carboxylic acids is 1. The molecule has 4 nitrogen and oxygen atoms in total. The molecular weight excluding hydrogens is 264 g/mol. The number of fused-ring (bicyclic) bond motifs is 2. The van der Waals surface area contributed by atoms with Crippen molar-refractivity contribution in [3.8, 4) is 0 Å². The van der Waals surface area contributed by atoms with E-state index in [1.807, 2.05) is 6.92 Å². The number of nitrogens with one attached hydrogen (secondary N) is 1. The number of nitrogens with zero attached hydrogens (tertiary/aromatic N) is 1. The van der Waals surface area contributed by atoms with E-state index in [9.17, 15) is 4.79 Å². The van der Waals surface area contributed by atoms with Crippen LogP contribution in [0.4, 0.5) is 0 Å². The molecule has 120 valence electrons. The summed E-state index contributed by atoms with van der Waals surface area (Å²) in [5, 5.41) is 3.60. The standard InChI is InChI=1S/C17H30N2O2/c1-3-9-18-17(14-6-7-14,16(20)21-4-2)12-19-11-13-5-8-15(19)10-13/h13-15,18H,3-12H2,1-2H3. The summed E-state index contributed by atoms with van der Waals surface area (Å²) in [6.07, 6.45) is 7.44. The number of rotatable bonds is 8. The SMILES string of the molecule is CCCNC(CN1CC2CCC1C2)(C(=O)OCC)C1CC1. The van der Waals surface area contributed by atoms with Gasteiger partial charge in [-0.3, -0.25) is 4.90 Å². The molecule has 0 amide bonds. The first-order chi connectivity index (χ1) is 10.2. The Morgan fingerprint density at radius 1 is 1.29 bits per heavy atom. The Morgan fingerprint density at radius 3 is 2.62 bits per heavy atom. The van der Waals surface area contributed by atoms with Crippen molar-refractivity contribution in [2.75, 3.05) is 26.2 Å². The van der Waals surface area contributed by atoms with Crippen LogP contribution in [0.5, 0.6) is 0 Å². The third-order valence-electron chi connectivity index (χ3n) is 5.58. The van der Waals surface area contributed by atoms with Gasteiger partial charge >= 0.3 is 5.97 Å². The molecule has 2 aliphatic carbocycles. The maximum Gasteiger partial charge on any atom is 0.327 e. The second-order valence-corrected chi connectivity index (χ2v) is 7.16. The first kappa shape index (κ1) is 15.3. The monoisotopic (exact) mass is 294 g/mol. The highest BCUT2D eigenvalue weighted by Crippen LogP contribution is 2.44. The first-order valence-corrected chi connectivity index (χ1v) is 8.86. The van der Waals surface area contributed by atoms with Crippen LogP contribution in [0.3, 0.4) is 0 Å². The number of piperidine rings is 1. The maximum atomic E-state index is 12.7. The van der Waals surface area contributed by atoms with Crippen LogP contribution in [-0.2, 0) is 9.53 Å². The molecule has 0 spiro atoms. The Balaban J connectivity index is 1.74. The Hall–Kier alpha value is -0.610. The van der Waals surface area contributed by atoms with Gasteiger partial charge in [0, 0.05) is 19.1 Å². The smallest absolute Gasteiger partial charge is 0.327 e.